The van der Waals surface area contributed by atoms with E-state index in [-0.39, 0.29) is 5.91 Å². The highest BCUT2D eigenvalue weighted by atomic mass is 16.1. The van der Waals surface area contributed by atoms with Crippen LogP contribution in [0.1, 0.15) is 21.6 Å². The SMILES string of the molecule is N#Cc1ccccc1NC(=O)c1ccc(NCCc2c[nH]c3ccccc23)cn1. The number of anilines is 2. The van der Waals surface area contributed by atoms with Crippen molar-refractivity contribution < 1.29 is 4.79 Å². The molecule has 0 aliphatic carbocycles. The van der Waals surface area contributed by atoms with Crippen LogP contribution in [-0.2, 0) is 6.42 Å². The summed E-state index contributed by atoms with van der Waals surface area (Å²) >= 11 is 0. The number of pyridine rings is 1. The molecule has 3 N–H and O–H groups in total. The molecule has 0 atom stereocenters. The third-order valence-corrected chi connectivity index (χ3v) is 4.69. The summed E-state index contributed by atoms with van der Waals surface area (Å²) in [6.07, 6.45) is 4.55. The third-order valence-electron chi connectivity index (χ3n) is 4.69. The summed E-state index contributed by atoms with van der Waals surface area (Å²) in [6.45, 7) is 0.755. The molecule has 4 rings (SSSR count). The molecule has 6 nitrogen and oxygen atoms in total. The maximum Gasteiger partial charge on any atom is 0.274 e. The highest BCUT2D eigenvalue weighted by Gasteiger charge is 2.10. The molecule has 4 aromatic rings. The summed E-state index contributed by atoms with van der Waals surface area (Å²) in [7, 11) is 0. The van der Waals surface area contributed by atoms with Gasteiger partial charge in [-0.05, 0) is 42.3 Å². The maximum atomic E-state index is 12.4. The van der Waals surface area contributed by atoms with Crippen molar-refractivity contribution >= 4 is 28.2 Å². The normalized spacial score (nSPS) is 10.4. The zero-order valence-corrected chi connectivity index (χ0v) is 15.6. The van der Waals surface area contributed by atoms with E-state index in [0.717, 1.165) is 24.2 Å². The van der Waals surface area contributed by atoms with Gasteiger partial charge in [0.05, 0.1) is 23.1 Å². The number of carbonyl (C=O) groups excluding carboxylic acids is 1. The molecule has 0 aliphatic rings. The quantitative estimate of drug-likeness (QED) is 0.463. The Balaban J connectivity index is 1.35. The van der Waals surface area contributed by atoms with E-state index in [4.69, 9.17) is 5.26 Å². The Morgan fingerprint density at radius 3 is 2.72 bits per heavy atom. The van der Waals surface area contributed by atoms with Gasteiger partial charge >= 0.3 is 0 Å². The summed E-state index contributed by atoms with van der Waals surface area (Å²) in [4.78, 5) is 19.9. The van der Waals surface area contributed by atoms with Crippen molar-refractivity contribution in [3.8, 4) is 6.07 Å². The molecule has 6 heteroatoms. The predicted molar refractivity (Wildman–Crippen MR) is 114 cm³/mol. The second-order valence-corrected chi connectivity index (χ2v) is 6.58. The number of nitriles is 1. The Hall–Kier alpha value is -4.11. The van der Waals surface area contributed by atoms with Crippen LogP contribution in [0.4, 0.5) is 11.4 Å². The topological polar surface area (TPSA) is 93.6 Å². The lowest BCUT2D eigenvalue weighted by Gasteiger charge is -2.08. The van der Waals surface area contributed by atoms with E-state index in [9.17, 15) is 4.79 Å². The molecule has 0 radical (unpaired) electrons. The van der Waals surface area contributed by atoms with Crippen molar-refractivity contribution in [1.29, 1.82) is 5.26 Å². The van der Waals surface area contributed by atoms with Gasteiger partial charge in [0.25, 0.3) is 5.91 Å². The molecular weight excluding hydrogens is 362 g/mol. The molecule has 0 fully saturated rings. The van der Waals surface area contributed by atoms with Crippen LogP contribution in [0.5, 0.6) is 0 Å². The van der Waals surface area contributed by atoms with E-state index < -0.39 is 0 Å². The lowest BCUT2D eigenvalue weighted by atomic mass is 10.1. The summed E-state index contributed by atoms with van der Waals surface area (Å²) in [5.41, 5.74) is 4.42. The molecule has 29 heavy (non-hydrogen) atoms. The molecule has 0 aliphatic heterocycles. The Morgan fingerprint density at radius 2 is 1.90 bits per heavy atom. The molecule has 2 aromatic carbocycles. The Bertz CT molecular complexity index is 1190. The fraction of sp³-hybridized carbons (Fsp3) is 0.0870. The Morgan fingerprint density at radius 1 is 1.07 bits per heavy atom. The minimum Gasteiger partial charge on any atom is -0.383 e. The fourth-order valence-corrected chi connectivity index (χ4v) is 3.19. The first-order valence-electron chi connectivity index (χ1n) is 9.30. The lowest BCUT2D eigenvalue weighted by Crippen LogP contribution is -2.14. The number of benzene rings is 2. The van der Waals surface area contributed by atoms with Crippen LogP contribution >= 0.6 is 0 Å². The average molecular weight is 381 g/mol. The molecule has 1 amide bonds. The lowest BCUT2D eigenvalue weighted by molar-refractivity contribution is 0.102. The largest absolute Gasteiger partial charge is 0.383 e. The van der Waals surface area contributed by atoms with E-state index in [2.05, 4.69) is 38.8 Å². The van der Waals surface area contributed by atoms with E-state index in [1.807, 2.05) is 24.4 Å². The molecule has 142 valence electrons. The van der Waals surface area contributed by atoms with Gasteiger partial charge in [-0.1, -0.05) is 30.3 Å². The monoisotopic (exact) mass is 381 g/mol. The molecule has 0 saturated heterocycles. The molecule has 0 saturated carbocycles. The number of hydrogen-bond acceptors (Lipinski definition) is 4. The van der Waals surface area contributed by atoms with Crippen LogP contribution in [0, 0.1) is 11.3 Å². The molecular formula is C23H19N5O. The summed E-state index contributed by atoms with van der Waals surface area (Å²) in [6, 6.07) is 20.7. The minimum absolute atomic E-state index is 0.292. The van der Waals surface area contributed by atoms with Crippen molar-refractivity contribution in [3.05, 3.63) is 89.9 Å². The van der Waals surface area contributed by atoms with Crippen LogP contribution in [0.3, 0.4) is 0 Å². The van der Waals surface area contributed by atoms with E-state index in [1.165, 1.54) is 10.9 Å². The first-order valence-corrected chi connectivity index (χ1v) is 9.30. The van der Waals surface area contributed by atoms with Gasteiger partial charge in [0.15, 0.2) is 0 Å². The van der Waals surface area contributed by atoms with Gasteiger partial charge in [-0.2, -0.15) is 5.26 Å². The van der Waals surface area contributed by atoms with Crippen molar-refractivity contribution in [3.63, 3.8) is 0 Å². The number of nitrogens with one attached hydrogen (secondary N) is 3. The highest BCUT2D eigenvalue weighted by Crippen LogP contribution is 2.18. The molecule has 2 aromatic heterocycles. The molecule has 2 heterocycles. The second kappa shape index (κ2) is 8.28. The highest BCUT2D eigenvalue weighted by molar-refractivity contribution is 6.03. The van der Waals surface area contributed by atoms with E-state index >= 15 is 0 Å². The van der Waals surface area contributed by atoms with E-state index in [1.54, 1.807) is 36.5 Å². The predicted octanol–water partition coefficient (Wildman–Crippen LogP) is 4.34. The third kappa shape index (κ3) is 4.09. The van der Waals surface area contributed by atoms with Gasteiger partial charge in [0.2, 0.25) is 0 Å². The second-order valence-electron chi connectivity index (χ2n) is 6.58. The molecule has 0 bridgehead atoms. The van der Waals surface area contributed by atoms with Crippen molar-refractivity contribution in [1.82, 2.24) is 9.97 Å². The zero-order valence-electron chi connectivity index (χ0n) is 15.6. The fourth-order valence-electron chi connectivity index (χ4n) is 3.19. The van der Waals surface area contributed by atoms with Gasteiger partial charge in [-0.3, -0.25) is 4.79 Å². The number of rotatable bonds is 6. The summed E-state index contributed by atoms with van der Waals surface area (Å²) < 4.78 is 0. The number of carbonyl (C=O) groups is 1. The van der Waals surface area contributed by atoms with Crippen LogP contribution < -0.4 is 10.6 Å². The standard InChI is InChI=1S/C23H19N5O/c24-13-16-5-1-3-7-20(16)28-23(29)22-10-9-18(15-27-22)25-12-11-17-14-26-21-8-4-2-6-19(17)21/h1-10,14-15,25-26H,11-12H2,(H,28,29). The van der Waals surface area contributed by atoms with E-state index in [0.29, 0.717) is 16.9 Å². The molecule has 0 spiro atoms. The average Bonchev–Trinajstić information content (AvgIpc) is 3.18. The number of nitrogens with zero attached hydrogens (tertiary/aromatic N) is 2. The van der Waals surface area contributed by atoms with Gasteiger partial charge in [-0.15, -0.1) is 0 Å². The number of fused-ring (bicyclic) bond motifs is 1. The first-order chi connectivity index (χ1) is 14.2. The summed E-state index contributed by atoms with van der Waals surface area (Å²) in [5.74, 6) is -0.349. The van der Waals surface area contributed by atoms with Crippen LogP contribution in [0.15, 0.2) is 73.1 Å². The number of aromatic nitrogens is 2. The van der Waals surface area contributed by atoms with Gasteiger partial charge in [-0.25, -0.2) is 4.98 Å². The van der Waals surface area contributed by atoms with Crippen LogP contribution in [-0.4, -0.2) is 22.4 Å². The number of amides is 1. The minimum atomic E-state index is -0.349. The van der Waals surface area contributed by atoms with Crippen LogP contribution in [0.25, 0.3) is 10.9 Å². The Labute approximate surface area is 168 Å². The van der Waals surface area contributed by atoms with Gasteiger partial charge in [0, 0.05) is 23.6 Å². The number of H-pyrrole nitrogens is 1. The number of aromatic amines is 1. The smallest absolute Gasteiger partial charge is 0.274 e. The van der Waals surface area contributed by atoms with Crippen molar-refractivity contribution in [2.75, 3.05) is 17.2 Å². The van der Waals surface area contributed by atoms with Crippen molar-refractivity contribution in [2.45, 2.75) is 6.42 Å². The number of hydrogen-bond donors (Lipinski definition) is 3. The zero-order chi connectivity index (χ0) is 20.1. The Kier molecular flexibility index (Phi) is 5.21. The first kappa shape index (κ1) is 18.3. The van der Waals surface area contributed by atoms with Crippen LogP contribution in [0.2, 0.25) is 0 Å². The van der Waals surface area contributed by atoms with Crippen molar-refractivity contribution in [2.24, 2.45) is 0 Å². The maximum absolute atomic E-state index is 12.4. The number of para-hydroxylation sites is 2. The summed E-state index contributed by atoms with van der Waals surface area (Å²) in [5, 5.41) is 16.4. The van der Waals surface area contributed by atoms with Gasteiger partial charge < -0.3 is 15.6 Å². The molecule has 0 unspecified atom stereocenters. The van der Waals surface area contributed by atoms with Gasteiger partial charge in [0.1, 0.15) is 11.8 Å².